The Morgan fingerprint density at radius 3 is 2.88 bits per heavy atom. The van der Waals surface area contributed by atoms with Gasteiger partial charge in [0.1, 0.15) is 12.6 Å². The van der Waals surface area contributed by atoms with Crippen LogP contribution in [0.25, 0.3) is 0 Å². The standard InChI is InChI=1S/C16H17Cl2N3O4/c1-23-9-14-19-16(20-25-14)13-8-24-6-5-21(13)15(22)7-10-11(17)3-2-4-12(10)18/h2-4,13H,5-9H2,1H3. The van der Waals surface area contributed by atoms with Gasteiger partial charge in [0.2, 0.25) is 5.91 Å². The highest BCUT2D eigenvalue weighted by atomic mass is 35.5. The Bertz CT molecular complexity index is 732. The molecule has 0 aliphatic carbocycles. The molecule has 1 fully saturated rings. The van der Waals surface area contributed by atoms with Gasteiger partial charge in [0, 0.05) is 23.7 Å². The lowest BCUT2D eigenvalue weighted by molar-refractivity contribution is -0.139. The molecule has 1 saturated heterocycles. The molecule has 0 bridgehead atoms. The average Bonchev–Trinajstić information content (AvgIpc) is 3.07. The van der Waals surface area contributed by atoms with Crippen LogP contribution in [0, 0.1) is 0 Å². The zero-order valence-electron chi connectivity index (χ0n) is 13.6. The molecule has 1 amide bonds. The van der Waals surface area contributed by atoms with Crippen molar-refractivity contribution >= 4 is 29.1 Å². The highest BCUT2D eigenvalue weighted by Crippen LogP contribution is 2.28. The van der Waals surface area contributed by atoms with E-state index in [2.05, 4.69) is 10.1 Å². The molecular weight excluding hydrogens is 369 g/mol. The number of methoxy groups -OCH3 is 1. The van der Waals surface area contributed by atoms with E-state index < -0.39 is 6.04 Å². The van der Waals surface area contributed by atoms with Gasteiger partial charge >= 0.3 is 0 Å². The maximum atomic E-state index is 12.8. The minimum Gasteiger partial charge on any atom is -0.377 e. The van der Waals surface area contributed by atoms with Crippen molar-refractivity contribution in [3.05, 3.63) is 45.5 Å². The molecule has 7 nitrogen and oxygen atoms in total. The fraction of sp³-hybridized carbons (Fsp3) is 0.438. The van der Waals surface area contributed by atoms with Crippen LogP contribution in [0.15, 0.2) is 22.7 Å². The molecule has 3 rings (SSSR count). The Hall–Kier alpha value is -1.67. The molecule has 2 aromatic rings. The number of benzene rings is 1. The number of nitrogens with zero attached hydrogens (tertiary/aromatic N) is 3. The molecule has 1 atom stereocenters. The molecule has 1 aliphatic rings. The van der Waals surface area contributed by atoms with E-state index in [4.69, 9.17) is 37.2 Å². The number of halogens is 2. The summed E-state index contributed by atoms with van der Waals surface area (Å²) >= 11 is 12.3. The van der Waals surface area contributed by atoms with Crippen LogP contribution in [-0.2, 0) is 27.3 Å². The zero-order chi connectivity index (χ0) is 17.8. The monoisotopic (exact) mass is 385 g/mol. The molecule has 25 heavy (non-hydrogen) atoms. The second-order valence-electron chi connectivity index (χ2n) is 5.53. The average molecular weight is 386 g/mol. The van der Waals surface area contributed by atoms with Crippen LogP contribution < -0.4 is 0 Å². The van der Waals surface area contributed by atoms with Crippen molar-refractivity contribution in [2.45, 2.75) is 19.1 Å². The number of carbonyl (C=O) groups excluding carboxylic acids is 1. The van der Waals surface area contributed by atoms with E-state index in [1.54, 1.807) is 23.1 Å². The van der Waals surface area contributed by atoms with Crippen molar-refractivity contribution in [2.24, 2.45) is 0 Å². The topological polar surface area (TPSA) is 77.7 Å². The van der Waals surface area contributed by atoms with Crippen molar-refractivity contribution < 1.29 is 18.8 Å². The molecule has 1 aromatic heterocycles. The molecule has 9 heteroatoms. The lowest BCUT2D eigenvalue weighted by Gasteiger charge is -2.33. The summed E-state index contributed by atoms with van der Waals surface area (Å²) in [5.74, 6) is 0.622. The van der Waals surface area contributed by atoms with E-state index in [1.165, 1.54) is 7.11 Å². The SMILES string of the molecule is COCc1nc(C2COCCN2C(=O)Cc2c(Cl)cccc2Cl)no1. The number of morpholine rings is 1. The largest absolute Gasteiger partial charge is 0.377 e. The first-order valence-electron chi connectivity index (χ1n) is 7.71. The molecule has 0 radical (unpaired) electrons. The quantitative estimate of drug-likeness (QED) is 0.787. The number of hydrogen-bond acceptors (Lipinski definition) is 6. The van der Waals surface area contributed by atoms with Crippen LogP contribution in [-0.4, -0.2) is 47.8 Å². The van der Waals surface area contributed by atoms with Crippen LogP contribution in [0.4, 0.5) is 0 Å². The predicted octanol–water partition coefficient (Wildman–Crippen LogP) is 2.67. The summed E-state index contributed by atoms with van der Waals surface area (Å²) in [6.07, 6.45) is 0.0950. The summed E-state index contributed by atoms with van der Waals surface area (Å²) in [6.45, 7) is 1.39. The van der Waals surface area contributed by atoms with Crippen LogP contribution in [0.3, 0.4) is 0 Å². The van der Waals surface area contributed by atoms with Gasteiger partial charge < -0.3 is 18.9 Å². The van der Waals surface area contributed by atoms with E-state index in [0.29, 0.717) is 47.1 Å². The lowest BCUT2D eigenvalue weighted by Crippen LogP contribution is -2.44. The van der Waals surface area contributed by atoms with Crippen molar-refractivity contribution in [1.29, 1.82) is 0 Å². The summed E-state index contributed by atoms with van der Waals surface area (Å²) in [5, 5.41) is 4.87. The summed E-state index contributed by atoms with van der Waals surface area (Å²) in [5.41, 5.74) is 0.606. The van der Waals surface area contributed by atoms with Gasteiger partial charge in [-0.25, -0.2) is 0 Å². The Kier molecular flexibility index (Phi) is 5.90. The van der Waals surface area contributed by atoms with Gasteiger partial charge in [0.15, 0.2) is 5.82 Å². The third-order valence-corrected chi connectivity index (χ3v) is 4.60. The van der Waals surface area contributed by atoms with Gasteiger partial charge in [-0.2, -0.15) is 4.98 Å². The van der Waals surface area contributed by atoms with Gasteiger partial charge in [-0.1, -0.05) is 34.4 Å². The number of amides is 1. The first-order chi connectivity index (χ1) is 12.1. The normalized spacial score (nSPS) is 17.7. The molecule has 1 aromatic carbocycles. The Morgan fingerprint density at radius 2 is 2.16 bits per heavy atom. The van der Waals surface area contributed by atoms with Gasteiger partial charge in [-0.05, 0) is 17.7 Å². The van der Waals surface area contributed by atoms with E-state index in [-0.39, 0.29) is 18.9 Å². The van der Waals surface area contributed by atoms with Gasteiger partial charge in [-0.3, -0.25) is 4.79 Å². The van der Waals surface area contributed by atoms with Gasteiger partial charge in [0.25, 0.3) is 5.89 Å². The Labute approximate surface area is 154 Å². The molecule has 0 saturated carbocycles. The predicted molar refractivity (Wildman–Crippen MR) is 90.5 cm³/mol. The second-order valence-corrected chi connectivity index (χ2v) is 6.35. The minimum absolute atomic E-state index is 0.0950. The Morgan fingerprint density at radius 1 is 1.40 bits per heavy atom. The minimum atomic E-state index is -0.420. The maximum Gasteiger partial charge on any atom is 0.252 e. The summed E-state index contributed by atoms with van der Waals surface area (Å²) in [4.78, 5) is 18.8. The smallest absolute Gasteiger partial charge is 0.252 e. The Balaban J connectivity index is 1.79. The summed E-state index contributed by atoms with van der Waals surface area (Å²) in [7, 11) is 1.54. The molecule has 1 aliphatic heterocycles. The maximum absolute atomic E-state index is 12.8. The van der Waals surface area contributed by atoms with Crippen LogP contribution in [0.2, 0.25) is 10.0 Å². The van der Waals surface area contributed by atoms with Crippen molar-refractivity contribution in [1.82, 2.24) is 15.0 Å². The molecular formula is C16H17Cl2N3O4. The zero-order valence-corrected chi connectivity index (χ0v) is 15.1. The third kappa shape index (κ3) is 4.12. The highest BCUT2D eigenvalue weighted by Gasteiger charge is 2.32. The number of carbonyl (C=O) groups is 1. The molecule has 1 unspecified atom stereocenters. The number of rotatable bonds is 5. The van der Waals surface area contributed by atoms with Crippen LogP contribution in [0.5, 0.6) is 0 Å². The summed E-state index contributed by atoms with van der Waals surface area (Å²) < 4.78 is 15.6. The number of hydrogen-bond donors (Lipinski definition) is 0. The summed E-state index contributed by atoms with van der Waals surface area (Å²) in [6, 6.07) is 4.75. The molecule has 134 valence electrons. The second kappa shape index (κ2) is 8.14. The van der Waals surface area contributed by atoms with Crippen LogP contribution >= 0.6 is 23.2 Å². The van der Waals surface area contributed by atoms with Crippen molar-refractivity contribution in [3.8, 4) is 0 Å². The molecule has 0 N–H and O–H groups in total. The lowest BCUT2D eigenvalue weighted by atomic mass is 10.1. The van der Waals surface area contributed by atoms with E-state index in [0.717, 1.165) is 0 Å². The number of aromatic nitrogens is 2. The molecule has 2 heterocycles. The fourth-order valence-corrected chi connectivity index (χ4v) is 3.19. The first kappa shape index (κ1) is 18.1. The van der Waals surface area contributed by atoms with Crippen molar-refractivity contribution in [3.63, 3.8) is 0 Å². The van der Waals surface area contributed by atoms with E-state index in [9.17, 15) is 4.79 Å². The van der Waals surface area contributed by atoms with Gasteiger partial charge in [0.05, 0.1) is 19.6 Å². The highest BCUT2D eigenvalue weighted by molar-refractivity contribution is 6.36. The van der Waals surface area contributed by atoms with E-state index >= 15 is 0 Å². The molecule has 0 spiro atoms. The first-order valence-corrected chi connectivity index (χ1v) is 8.47. The van der Waals surface area contributed by atoms with Gasteiger partial charge in [-0.15, -0.1) is 0 Å². The van der Waals surface area contributed by atoms with Crippen LogP contribution in [0.1, 0.15) is 23.3 Å². The number of ether oxygens (including phenoxy) is 2. The van der Waals surface area contributed by atoms with Crippen molar-refractivity contribution in [2.75, 3.05) is 26.9 Å². The fourth-order valence-electron chi connectivity index (χ4n) is 2.66. The third-order valence-electron chi connectivity index (χ3n) is 3.89. The van der Waals surface area contributed by atoms with E-state index in [1.807, 2.05) is 0 Å².